The average molecular weight is 185 g/mol. The molecule has 1 aromatic rings. The second kappa shape index (κ2) is 4.04. The van der Waals surface area contributed by atoms with E-state index in [1.54, 1.807) is 18.2 Å². The molecule has 2 atom stereocenters. The van der Waals surface area contributed by atoms with Crippen molar-refractivity contribution in [1.82, 2.24) is 0 Å². The molecule has 0 amide bonds. The lowest BCUT2D eigenvalue weighted by Gasteiger charge is -1.99. The van der Waals surface area contributed by atoms with Crippen molar-refractivity contribution in [3.05, 3.63) is 24.2 Å². The molecule has 0 saturated carbocycles. The second-order valence-electron chi connectivity index (χ2n) is 2.18. The standard InChI is InChI=1S/C7H7NO3S/c8-5-7(12(9)10)4-6-2-1-3-11-6/h1-3,7H,4H2,(H,9,10)/t7-/m1/s1. The third-order valence-corrected chi connectivity index (χ3v) is 2.11. The van der Waals surface area contributed by atoms with E-state index in [1.807, 2.05) is 0 Å². The number of nitriles is 1. The van der Waals surface area contributed by atoms with Crippen LogP contribution in [0.3, 0.4) is 0 Å². The molecule has 1 heterocycles. The minimum Gasteiger partial charge on any atom is -0.469 e. The van der Waals surface area contributed by atoms with Crippen LogP contribution in [-0.4, -0.2) is 14.0 Å². The molecule has 1 unspecified atom stereocenters. The number of rotatable bonds is 3. The highest BCUT2D eigenvalue weighted by Gasteiger charge is 2.15. The zero-order chi connectivity index (χ0) is 8.97. The summed E-state index contributed by atoms with van der Waals surface area (Å²) >= 11 is -2.11. The molecule has 64 valence electrons. The zero-order valence-corrected chi connectivity index (χ0v) is 6.95. The lowest BCUT2D eigenvalue weighted by atomic mass is 10.3. The van der Waals surface area contributed by atoms with Crippen LogP contribution in [0.4, 0.5) is 0 Å². The summed E-state index contributed by atoms with van der Waals surface area (Å²) in [6.45, 7) is 0. The zero-order valence-electron chi connectivity index (χ0n) is 6.14. The summed E-state index contributed by atoms with van der Waals surface area (Å²) in [7, 11) is 0. The Hall–Kier alpha value is -1.12. The van der Waals surface area contributed by atoms with Crippen molar-refractivity contribution in [2.45, 2.75) is 11.7 Å². The first kappa shape index (κ1) is 8.97. The molecule has 1 N–H and O–H groups in total. The second-order valence-corrected chi connectivity index (χ2v) is 3.30. The Morgan fingerprint density at radius 3 is 3.00 bits per heavy atom. The highest BCUT2D eigenvalue weighted by atomic mass is 32.2. The van der Waals surface area contributed by atoms with Gasteiger partial charge in [-0.15, -0.1) is 0 Å². The molecule has 1 aromatic heterocycles. The van der Waals surface area contributed by atoms with Gasteiger partial charge >= 0.3 is 0 Å². The maximum Gasteiger partial charge on any atom is 0.171 e. The molecule has 0 aliphatic rings. The van der Waals surface area contributed by atoms with Crippen molar-refractivity contribution in [1.29, 1.82) is 5.26 Å². The molecular weight excluding hydrogens is 178 g/mol. The van der Waals surface area contributed by atoms with Crippen molar-refractivity contribution in [3.63, 3.8) is 0 Å². The van der Waals surface area contributed by atoms with E-state index in [-0.39, 0.29) is 6.42 Å². The Bertz CT molecular complexity index is 301. The first-order valence-corrected chi connectivity index (χ1v) is 4.42. The third-order valence-electron chi connectivity index (χ3n) is 1.35. The Morgan fingerprint density at radius 2 is 2.58 bits per heavy atom. The number of nitrogens with zero attached hydrogens (tertiary/aromatic N) is 1. The third kappa shape index (κ3) is 2.19. The van der Waals surface area contributed by atoms with Gasteiger partial charge in [-0.1, -0.05) is 0 Å². The predicted octanol–water partition coefficient (Wildman–Crippen LogP) is 0.936. The quantitative estimate of drug-likeness (QED) is 0.711. The van der Waals surface area contributed by atoms with Crippen LogP contribution < -0.4 is 0 Å². The molecule has 0 radical (unpaired) electrons. The van der Waals surface area contributed by atoms with Gasteiger partial charge in [0.15, 0.2) is 16.3 Å². The Kier molecular flexibility index (Phi) is 3.02. The Balaban J connectivity index is 2.62. The minimum atomic E-state index is -2.11. The van der Waals surface area contributed by atoms with E-state index in [9.17, 15) is 4.21 Å². The topological polar surface area (TPSA) is 74.2 Å². The van der Waals surface area contributed by atoms with E-state index in [0.717, 1.165) is 0 Å². The number of hydrogen-bond donors (Lipinski definition) is 1. The molecule has 0 saturated heterocycles. The molecule has 0 bridgehead atoms. The summed E-state index contributed by atoms with van der Waals surface area (Å²) in [5.41, 5.74) is 0. The van der Waals surface area contributed by atoms with Crippen LogP contribution in [0, 0.1) is 11.3 Å². The number of hydrogen-bond acceptors (Lipinski definition) is 3. The molecule has 0 spiro atoms. The summed E-state index contributed by atoms with van der Waals surface area (Å²) in [6.07, 6.45) is 1.64. The highest BCUT2D eigenvalue weighted by Crippen LogP contribution is 2.06. The Morgan fingerprint density at radius 1 is 1.83 bits per heavy atom. The average Bonchev–Trinajstić information content (AvgIpc) is 2.51. The first-order chi connectivity index (χ1) is 5.74. The molecule has 0 aliphatic heterocycles. The van der Waals surface area contributed by atoms with Gasteiger partial charge in [0.25, 0.3) is 0 Å². The van der Waals surface area contributed by atoms with Gasteiger partial charge in [0, 0.05) is 6.42 Å². The Labute approximate surface area is 72.1 Å². The van der Waals surface area contributed by atoms with Crippen LogP contribution in [0.1, 0.15) is 5.76 Å². The maximum atomic E-state index is 10.5. The predicted molar refractivity (Wildman–Crippen MR) is 42.6 cm³/mol. The molecule has 0 fully saturated rings. The van der Waals surface area contributed by atoms with Crippen LogP contribution in [0.25, 0.3) is 0 Å². The fourth-order valence-electron chi connectivity index (χ4n) is 0.773. The minimum absolute atomic E-state index is 0.173. The van der Waals surface area contributed by atoms with Crippen molar-refractivity contribution >= 4 is 11.1 Å². The molecule has 5 heteroatoms. The van der Waals surface area contributed by atoms with Gasteiger partial charge in [-0.05, 0) is 12.1 Å². The fourth-order valence-corrected chi connectivity index (χ4v) is 1.17. The van der Waals surface area contributed by atoms with Crippen LogP contribution >= 0.6 is 0 Å². The summed E-state index contributed by atoms with van der Waals surface area (Å²) < 4.78 is 24.0. The van der Waals surface area contributed by atoms with E-state index in [4.69, 9.17) is 14.2 Å². The smallest absolute Gasteiger partial charge is 0.171 e. The SMILES string of the molecule is N#C[C@@H](Cc1ccco1)S(=O)O. The van der Waals surface area contributed by atoms with Gasteiger partial charge in [-0.3, -0.25) is 0 Å². The van der Waals surface area contributed by atoms with Crippen molar-refractivity contribution in [3.8, 4) is 6.07 Å². The molecular formula is C7H7NO3S. The van der Waals surface area contributed by atoms with E-state index in [1.165, 1.54) is 6.26 Å². The van der Waals surface area contributed by atoms with Crippen molar-refractivity contribution in [2.75, 3.05) is 0 Å². The summed E-state index contributed by atoms with van der Waals surface area (Å²) in [5.74, 6) is 0.545. The van der Waals surface area contributed by atoms with Crippen LogP contribution in [0.2, 0.25) is 0 Å². The molecule has 4 nitrogen and oxygen atoms in total. The van der Waals surface area contributed by atoms with Gasteiger partial charge in [0.1, 0.15) is 5.76 Å². The summed E-state index contributed by atoms with van der Waals surface area (Å²) in [6, 6.07) is 5.06. The highest BCUT2D eigenvalue weighted by molar-refractivity contribution is 7.80. The van der Waals surface area contributed by atoms with E-state index in [2.05, 4.69) is 0 Å². The van der Waals surface area contributed by atoms with E-state index in [0.29, 0.717) is 5.76 Å². The van der Waals surface area contributed by atoms with Gasteiger partial charge in [-0.2, -0.15) is 5.26 Å². The van der Waals surface area contributed by atoms with Gasteiger partial charge < -0.3 is 8.97 Å². The van der Waals surface area contributed by atoms with E-state index < -0.39 is 16.3 Å². The van der Waals surface area contributed by atoms with Crippen LogP contribution in [0.5, 0.6) is 0 Å². The molecule has 0 aliphatic carbocycles. The van der Waals surface area contributed by atoms with Gasteiger partial charge in [0.2, 0.25) is 0 Å². The normalized spacial score (nSPS) is 15.0. The number of furan rings is 1. The molecule has 1 rings (SSSR count). The largest absolute Gasteiger partial charge is 0.469 e. The first-order valence-electron chi connectivity index (χ1n) is 3.25. The summed E-state index contributed by atoms with van der Waals surface area (Å²) in [4.78, 5) is 0. The van der Waals surface area contributed by atoms with Gasteiger partial charge in [0.05, 0.1) is 12.3 Å². The monoisotopic (exact) mass is 185 g/mol. The molecule has 12 heavy (non-hydrogen) atoms. The van der Waals surface area contributed by atoms with Gasteiger partial charge in [-0.25, -0.2) is 4.21 Å². The lowest BCUT2D eigenvalue weighted by Crippen LogP contribution is -2.14. The maximum absolute atomic E-state index is 10.5. The molecule has 0 aromatic carbocycles. The van der Waals surface area contributed by atoms with Crippen LogP contribution in [-0.2, 0) is 17.5 Å². The summed E-state index contributed by atoms with van der Waals surface area (Å²) in [5, 5.41) is 7.54. The van der Waals surface area contributed by atoms with Crippen molar-refractivity contribution < 1.29 is 13.2 Å². The lowest BCUT2D eigenvalue weighted by molar-refractivity contribution is 0.502. The van der Waals surface area contributed by atoms with Crippen molar-refractivity contribution in [2.24, 2.45) is 0 Å². The van der Waals surface area contributed by atoms with Crippen LogP contribution in [0.15, 0.2) is 22.8 Å². The van der Waals surface area contributed by atoms with E-state index >= 15 is 0 Å². The fraction of sp³-hybridized carbons (Fsp3) is 0.286.